The first-order valence-electron chi connectivity index (χ1n) is 17.8. The lowest BCUT2D eigenvalue weighted by molar-refractivity contribution is -0.138. The van der Waals surface area contributed by atoms with Gasteiger partial charge in [0.15, 0.2) is 0 Å². The third kappa shape index (κ3) is 5.02. The highest BCUT2D eigenvalue weighted by Crippen LogP contribution is 2.65. The number of aromatic carboxylic acids is 1. The first-order valence-corrected chi connectivity index (χ1v) is 18.2. The van der Waals surface area contributed by atoms with E-state index in [0.717, 1.165) is 15.3 Å². The van der Waals surface area contributed by atoms with Gasteiger partial charge in [-0.2, -0.15) is 5.01 Å². The Bertz CT molecular complexity index is 2520. The number of hydrogen-bond acceptors (Lipinski definition) is 7. The van der Waals surface area contributed by atoms with Gasteiger partial charge in [-0.25, -0.2) is 9.18 Å². The van der Waals surface area contributed by atoms with Gasteiger partial charge in [-0.3, -0.25) is 29.5 Å². The van der Waals surface area contributed by atoms with Crippen LogP contribution in [-0.4, -0.2) is 44.8 Å². The van der Waals surface area contributed by atoms with E-state index in [4.69, 9.17) is 11.6 Å². The number of hydrazine groups is 1. The standard InChI is InChI=1S/C43H31ClFN3O7/c44-25-11-9-24(10-12-25)43-34(39(51)48(42(43)55)46-27-15-13-26(45)14-16-27)21-33-30(36(43)32-17-8-22-4-1-2-7-29(22)37(32)49)18-19-31-35(33)40(52)47(38(31)50)28-6-3-5-23(20-28)41(53)54/h1-18,20,31,33-36,46,49H,19,21H2,(H,53,54)/t31-,33+,34-,35-,36+,43+/m0/s1. The Hall–Kier alpha value is -6.33. The summed E-state index contributed by atoms with van der Waals surface area (Å²) in [6, 6.07) is 28.3. The predicted molar refractivity (Wildman–Crippen MR) is 201 cm³/mol. The van der Waals surface area contributed by atoms with Gasteiger partial charge < -0.3 is 10.2 Å². The van der Waals surface area contributed by atoms with Crippen LogP contribution in [0.3, 0.4) is 0 Å². The smallest absolute Gasteiger partial charge is 0.335 e. The number of aromatic hydroxyl groups is 1. The molecule has 10 nitrogen and oxygen atoms in total. The van der Waals surface area contributed by atoms with E-state index in [1.54, 1.807) is 42.5 Å². The van der Waals surface area contributed by atoms with Crippen LogP contribution in [0, 0.1) is 29.5 Å². The molecule has 2 saturated heterocycles. The molecule has 2 aliphatic heterocycles. The van der Waals surface area contributed by atoms with Crippen LogP contribution in [0.25, 0.3) is 10.8 Å². The zero-order valence-corrected chi connectivity index (χ0v) is 29.6. The number of rotatable bonds is 6. The Morgan fingerprint density at radius 2 is 1.58 bits per heavy atom. The molecule has 0 spiro atoms. The number of phenols is 1. The number of halogens is 2. The molecule has 3 N–H and O–H groups in total. The molecule has 0 bridgehead atoms. The maximum absolute atomic E-state index is 15.4. The summed E-state index contributed by atoms with van der Waals surface area (Å²) in [5.41, 5.74) is 3.01. The Morgan fingerprint density at radius 1 is 0.836 bits per heavy atom. The number of anilines is 2. The number of carboxylic acids is 1. The second-order valence-electron chi connectivity index (χ2n) is 14.5. The van der Waals surface area contributed by atoms with Gasteiger partial charge >= 0.3 is 5.97 Å². The number of nitrogens with one attached hydrogen (secondary N) is 1. The lowest BCUT2D eigenvalue weighted by atomic mass is 9.49. The van der Waals surface area contributed by atoms with Crippen molar-refractivity contribution in [3.8, 4) is 5.75 Å². The van der Waals surface area contributed by atoms with Crippen LogP contribution in [0.4, 0.5) is 15.8 Å². The molecule has 4 aliphatic rings. The number of nitrogens with zero attached hydrogens (tertiary/aromatic N) is 2. The molecule has 5 aromatic carbocycles. The topological polar surface area (TPSA) is 144 Å². The van der Waals surface area contributed by atoms with Crippen LogP contribution in [0.15, 0.2) is 121 Å². The first-order chi connectivity index (χ1) is 26.5. The molecule has 5 aromatic rings. The largest absolute Gasteiger partial charge is 0.507 e. The van der Waals surface area contributed by atoms with E-state index in [1.807, 2.05) is 24.3 Å². The molecule has 0 radical (unpaired) electrons. The van der Waals surface area contributed by atoms with Crippen LogP contribution in [0.5, 0.6) is 5.75 Å². The third-order valence-electron chi connectivity index (χ3n) is 11.9. The fourth-order valence-electron chi connectivity index (χ4n) is 9.54. The minimum absolute atomic E-state index is 0.00529. The summed E-state index contributed by atoms with van der Waals surface area (Å²) in [6.07, 6.45) is 1.99. The van der Waals surface area contributed by atoms with Crippen molar-refractivity contribution in [2.45, 2.75) is 24.2 Å². The molecule has 2 heterocycles. The van der Waals surface area contributed by atoms with Crippen LogP contribution < -0.4 is 10.3 Å². The molecule has 0 aromatic heterocycles. The minimum Gasteiger partial charge on any atom is -0.507 e. The van der Waals surface area contributed by atoms with Gasteiger partial charge in [-0.15, -0.1) is 0 Å². The molecule has 0 unspecified atom stereocenters. The zero-order valence-electron chi connectivity index (χ0n) is 28.9. The van der Waals surface area contributed by atoms with Crippen LogP contribution in [0.1, 0.15) is 40.2 Å². The summed E-state index contributed by atoms with van der Waals surface area (Å²) in [6.45, 7) is 0. The van der Waals surface area contributed by atoms with Gasteiger partial charge in [0, 0.05) is 21.9 Å². The fourth-order valence-corrected chi connectivity index (χ4v) is 9.66. The average Bonchev–Trinajstić information content (AvgIpc) is 3.57. The monoisotopic (exact) mass is 755 g/mol. The number of carbonyl (C=O) groups is 5. The van der Waals surface area contributed by atoms with Crippen LogP contribution in [-0.2, 0) is 24.6 Å². The fraction of sp³-hybridized carbons (Fsp3) is 0.186. The van der Waals surface area contributed by atoms with Crippen molar-refractivity contribution in [1.29, 1.82) is 0 Å². The van der Waals surface area contributed by atoms with Gasteiger partial charge in [0.2, 0.25) is 11.8 Å². The summed E-state index contributed by atoms with van der Waals surface area (Å²) >= 11 is 6.38. The van der Waals surface area contributed by atoms with Gasteiger partial charge in [0.05, 0.1) is 40.1 Å². The number of hydrogen-bond donors (Lipinski definition) is 3. The van der Waals surface area contributed by atoms with Crippen molar-refractivity contribution in [2.24, 2.45) is 23.7 Å². The number of imide groups is 2. The van der Waals surface area contributed by atoms with Crippen molar-refractivity contribution < 1.29 is 38.6 Å². The highest BCUT2D eigenvalue weighted by Gasteiger charge is 2.70. The Kier molecular flexibility index (Phi) is 7.91. The maximum Gasteiger partial charge on any atom is 0.335 e. The normalized spacial score (nSPS) is 25.8. The van der Waals surface area contributed by atoms with Crippen molar-refractivity contribution in [3.63, 3.8) is 0 Å². The Balaban J connectivity index is 1.26. The molecule has 4 amide bonds. The lowest BCUT2D eigenvalue weighted by Crippen LogP contribution is -2.53. The van der Waals surface area contributed by atoms with E-state index in [9.17, 15) is 33.8 Å². The quantitative estimate of drug-likeness (QED) is 0.122. The SMILES string of the molecule is O=C(O)c1cccc(N2C(=O)[C@H]3[C@H](CC=C4[C@H]3C[C@H]3C(=O)N(Nc5ccc(F)cc5)C(=O)[C@@]3(c3ccc(Cl)cc3)[C@H]4c3ccc4ccccc4c3O)C2=O)c1. The Labute approximate surface area is 318 Å². The highest BCUT2D eigenvalue weighted by atomic mass is 35.5. The molecule has 1 saturated carbocycles. The molecule has 2 aliphatic carbocycles. The first kappa shape index (κ1) is 34.4. The maximum atomic E-state index is 15.4. The number of carbonyl (C=O) groups excluding carboxylic acids is 4. The average molecular weight is 756 g/mol. The summed E-state index contributed by atoms with van der Waals surface area (Å²) < 4.78 is 13.9. The number of amides is 4. The van der Waals surface area contributed by atoms with Gasteiger partial charge in [0.25, 0.3) is 11.8 Å². The van der Waals surface area contributed by atoms with Crippen molar-refractivity contribution in [3.05, 3.63) is 148 Å². The number of fused-ring (bicyclic) bond motifs is 5. The molecule has 12 heteroatoms. The van der Waals surface area contributed by atoms with Gasteiger partial charge in [-0.05, 0) is 84.3 Å². The predicted octanol–water partition coefficient (Wildman–Crippen LogP) is 7.23. The van der Waals surface area contributed by atoms with Crippen LogP contribution >= 0.6 is 11.6 Å². The Morgan fingerprint density at radius 3 is 2.33 bits per heavy atom. The van der Waals surface area contributed by atoms with E-state index in [-0.39, 0.29) is 35.5 Å². The summed E-state index contributed by atoms with van der Waals surface area (Å²) in [5, 5.41) is 24.4. The molecular formula is C43H31ClFN3O7. The van der Waals surface area contributed by atoms with E-state index in [0.29, 0.717) is 27.1 Å². The zero-order chi connectivity index (χ0) is 38.3. The summed E-state index contributed by atoms with van der Waals surface area (Å²) in [7, 11) is 0. The van der Waals surface area contributed by atoms with Gasteiger partial charge in [0.1, 0.15) is 11.6 Å². The van der Waals surface area contributed by atoms with Gasteiger partial charge in [-0.1, -0.05) is 77.8 Å². The third-order valence-corrected chi connectivity index (χ3v) is 12.1. The van der Waals surface area contributed by atoms with E-state index in [2.05, 4.69) is 5.43 Å². The summed E-state index contributed by atoms with van der Waals surface area (Å²) in [5.74, 6) is -8.66. The molecule has 55 heavy (non-hydrogen) atoms. The van der Waals surface area contributed by atoms with Crippen LogP contribution in [0.2, 0.25) is 5.02 Å². The van der Waals surface area contributed by atoms with E-state index < -0.39 is 70.4 Å². The number of allylic oxidation sites excluding steroid dienone is 2. The molecule has 6 atom stereocenters. The van der Waals surface area contributed by atoms with E-state index >= 15 is 4.79 Å². The van der Waals surface area contributed by atoms with Crippen molar-refractivity contribution in [1.82, 2.24) is 5.01 Å². The number of phenolic OH excluding ortho intramolecular Hbond substituents is 1. The second-order valence-corrected chi connectivity index (χ2v) is 14.9. The molecule has 274 valence electrons. The number of benzene rings is 5. The second kappa shape index (κ2) is 12.6. The van der Waals surface area contributed by atoms with Crippen molar-refractivity contribution in [2.75, 3.05) is 10.3 Å². The van der Waals surface area contributed by atoms with E-state index in [1.165, 1.54) is 48.5 Å². The summed E-state index contributed by atoms with van der Waals surface area (Å²) in [4.78, 5) is 71.8. The minimum atomic E-state index is -1.68. The molecule has 3 fully saturated rings. The highest BCUT2D eigenvalue weighted by molar-refractivity contribution is 6.30. The number of carboxylic acid groups (broad SMARTS) is 1. The van der Waals surface area contributed by atoms with Crippen molar-refractivity contribution >= 4 is 63.3 Å². The molecule has 9 rings (SSSR count). The molecular weight excluding hydrogens is 725 g/mol. The lowest BCUT2D eigenvalue weighted by Gasteiger charge is -2.50.